The van der Waals surface area contributed by atoms with Crippen LogP contribution >= 0.6 is 22.7 Å². The largest absolute Gasteiger partial charge is 0.341 e. The summed E-state index contributed by atoms with van der Waals surface area (Å²) in [5, 5.41) is 17.7. The predicted octanol–water partition coefficient (Wildman–Crippen LogP) is 3.98. The average Bonchev–Trinajstić information content (AvgIpc) is 3.26. The minimum atomic E-state index is -0.438. The molecule has 0 atom stereocenters. The van der Waals surface area contributed by atoms with E-state index in [1.807, 2.05) is 22.2 Å². The zero-order valence-corrected chi connectivity index (χ0v) is 15.0. The number of hydrogen-bond acceptors (Lipinski definition) is 6. The summed E-state index contributed by atoms with van der Waals surface area (Å²) in [5.74, 6) is -0.0753. The molecule has 0 saturated carbocycles. The maximum absolute atomic E-state index is 12.4. The third-order valence-corrected chi connectivity index (χ3v) is 5.24. The second-order valence-corrected chi connectivity index (χ2v) is 7.15. The molecule has 0 bridgehead atoms. The van der Waals surface area contributed by atoms with Gasteiger partial charge < -0.3 is 4.90 Å². The van der Waals surface area contributed by atoms with Gasteiger partial charge >= 0.3 is 0 Å². The van der Waals surface area contributed by atoms with E-state index in [9.17, 15) is 14.9 Å². The molecule has 1 aromatic carbocycles. The first kappa shape index (κ1) is 17.2. The van der Waals surface area contributed by atoms with Crippen molar-refractivity contribution in [3.63, 3.8) is 0 Å². The number of aromatic nitrogens is 1. The molecule has 0 aliphatic rings. The van der Waals surface area contributed by atoms with Crippen LogP contribution in [0.5, 0.6) is 0 Å². The second kappa shape index (κ2) is 7.54. The normalized spacial score (nSPS) is 10.6. The molecule has 0 spiro atoms. The number of carbonyl (C=O) groups excluding carboxylic acids is 1. The van der Waals surface area contributed by atoms with Gasteiger partial charge in [0.15, 0.2) is 0 Å². The number of nitrogens with zero attached hydrogens (tertiary/aromatic N) is 3. The molecule has 0 aliphatic heterocycles. The summed E-state index contributed by atoms with van der Waals surface area (Å²) in [6.07, 6.45) is 0.214. The molecular weight excluding hydrogens is 358 g/mol. The van der Waals surface area contributed by atoms with Gasteiger partial charge in [0.1, 0.15) is 5.01 Å². The van der Waals surface area contributed by atoms with E-state index >= 15 is 0 Å². The number of carbonyl (C=O) groups is 1. The van der Waals surface area contributed by atoms with E-state index < -0.39 is 4.92 Å². The highest BCUT2D eigenvalue weighted by atomic mass is 32.1. The van der Waals surface area contributed by atoms with Gasteiger partial charge in [-0.15, -0.1) is 11.3 Å². The lowest BCUT2D eigenvalue weighted by Crippen LogP contribution is -2.27. The third-order valence-electron chi connectivity index (χ3n) is 3.62. The van der Waals surface area contributed by atoms with Crippen LogP contribution in [-0.4, -0.2) is 27.8 Å². The molecule has 2 aromatic heterocycles. The van der Waals surface area contributed by atoms with Crippen LogP contribution in [-0.2, 0) is 17.8 Å². The molecule has 2 heterocycles. The number of non-ortho nitro benzene ring substituents is 1. The molecule has 1 amide bonds. The summed E-state index contributed by atoms with van der Waals surface area (Å²) in [7, 11) is 1.69. The van der Waals surface area contributed by atoms with Gasteiger partial charge in [-0.05, 0) is 17.0 Å². The standard InChI is InChI=1S/C17H15N3O3S2/c1-19(9-12-3-2-4-15(7-12)20(22)23)16(21)8-14-11-25-17(18-14)13-5-6-24-10-13/h2-7,10-11H,8-9H2,1H3. The van der Waals surface area contributed by atoms with Crippen molar-refractivity contribution in [3.8, 4) is 10.6 Å². The number of amides is 1. The minimum absolute atomic E-state index is 0.0262. The number of nitro benzene ring substituents is 1. The molecule has 6 nitrogen and oxygen atoms in total. The lowest BCUT2D eigenvalue weighted by molar-refractivity contribution is -0.384. The number of likely N-dealkylation sites (N-methyl/N-ethyl adjacent to an activating group) is 1. The van der Waals surface area contributed by atoms with Crippen LogP contribution in [0.25, 0.3) is 10.6 Å². The lowest BCUT2D eigenvalue weighted by atomic mass is 10.2. The molecule has 3 rings (SSSR count). The number of benzene rings is 1. The average molecular weight is 373 g/mol. The van der Waals surface area contributed by atoms with Gasteiger partial charge in [-0.1, -0.05) is 12.1 Å². The van der Waals surface area contributed by atoms with Gasteiger partial charge in [0.2, 0.25) is 5.91 Å². The van der Waals surface area contributed by atoms with E-state index in [-0.39, 0.29) is 18.0 Å². The van der Waals surface area contributed by atoms with Crippen LogP contribution in [0, 0.1) is 10.1 Å². The highest BCUT2D eigenvalue weighted by molar-refractivity contribution is 7.14. The van der Waals surface area contributed by atoms with Crippen molar-refractivity contribution in [3.05, 3.63) is 67.8 Å². The van der Waals surface area contributed by atoms with E-state index in [1.165, 1.54) is 23.5 Å². The Kier molecular flexibility index (Phi) is 5.20. The topological polar surface area (TPSA) is 76.3 Å². The van der Waals surface area contributed by atoms with Gasteiger partial charge in [-0.2, -0.15) is 11.3 Å². The molecule has 0 unspecified atom stereocenters. The fourth-order valence-electron chi connectivity index (χ4n) is 2.33. The van der Waals surface area contributed by atoms with Crippen LogP contribution in [0.15, 0.2) is 46.5 Å². The van der Waals surface area contributed by atoms with Crippen LogP contribution in [0.4, 0.5) is 5.69 Å². The Hall–Kier alpha value is -2.58. The van der Waals surface area contributed by atoms with E-state index in [2.05, 4.69) is 4.98 Å². The summed E-state index contributed by atoms with van der Waals surface area (Å²) >= 11 is 3.13. The van der Waals surface area contributed by atoms with Crippen molar-refractivity contribution < 1.29 is 9.72 Å². The highest BCUT2D eigenvalue weighted by Gasteiger charge is 2.14. The van der Waals surface area contributed by atoms with Crippen molar-refractivity contribution in [2.24, 2.45) is 0 Å². The minimum Gasteiger partial charge on any atom is -0.341 e. The third kappa shape index (κ3) is 4.28. The molecule has 0 radical (unpaired) electrons. The molecule has 0 N–H and O–H groups in total. The first-order valence-electron chi connectivity index (χ1n) is 7.47. The molecule has 3 aromatic rings. The SMILES string of the molecule is CN(Cc1cccc([N+](=O)[O-])c1)C(=O)Cc1csc(-c2ccsc2)n1. The van der Waals surface area contributed by atoms with Crippen molar-refractivity contribution in [1.29, 1.82) is 0 Å². The number of thiophene rings is 1. The van der Waals surface area contributed by atoms with Gasteiger partial charge in [0.05, 0.1) is 17.0 Å². The van der Waals surface area contributed by atoms with Crippen molar-refractivity contribution in [1.82, 2.24) is 9.88 Å². The first-order valence-corrected chi connectivity index (χ1v) is 9.29. The maximum Gasteiger partial charge on any atom is 0.269 e. The smallest absolute Gasteiger partial charge is 0.269 e. The Labute approximate surface area is 152 Å². The first-order chi connectivity index (χ1) is 12.0. The Morgan fingerprint density at radius 1 is 1.32 bits per heavy atom. The molecule has 0 fully saturated rings. The molecule has 128 valence electrons. The van der Waals surface area contributed by atoms with Gasteiger partial charge in [0.25, 0.3) is 5.69 Å². The van der Waals surface area contributed by atoms with Gasteiger partial charge in [-0.3, -0.25) is 14.9 Å². The summed E-state index contributed by atoms with van der Waals surface area (Å²) in [6, 6.07) is 8.32. The van der Waals surface area contributed by atoms with Crippen LogP contribution in [0.3, 0.4) is 0 Å². The van der Waals surface area contributed by atoms with E-state index in [4.69, 9.17) is 0 Å². The van der Waals surface area contributed by atoms with Gasteiger partial charge in [0, 0.05) is 42.0 Å². The monoisotopic (exact) mass is 373 g/mol. The number of rotatable bonds is 6. The van der Waals surface area contributed by atoms with Gasteiger partial charge in [-0.25, -0.2) is 4.98 Å². The van der Waals surface area contributed by atoms with E-state index in [1.54, 1.807) is 35.4 Å². The summed E-state index contributed by atoms with van der Waals surface area (Å²) in [6.45, 7) is 0.321. The van der Waals surface area contributed by atoms with E-state index in [0.29, 0.717) is 6.54 Å². The Morgan fingerprint density at radius 3 is 2.88 bits per heavy atom. The summed E-state index contributed by atoms with van der Waals surface area (Å²) in [5.41, 5.74) is 2.56. The molecule has 8 heteroatoms. The summed E-state index contributed by atoms with van der Waals surface area (Å²) in [4.78, 5) is 28.9. The molecule has 25 heavy (non-hydrogen) atoms. The van der Waals surface area contributed by atoms with Crippen LogP contribution in [0.2, 0.25) is 0 Å². The van der Waals surface area contributed by atoms with Crippen molar-refractivity contribution >= 4 is 34.3 Å². The predicted molar refractivity (Wildman–Crippen MR) is 98.7 cm³/mol. The van der Waals surface area contributed by atoms with Crippen molar-refractivity contribution in [2.75, 3.05) is 7.05 Å². The number of nitro groups is 1. The molecular formula is C17H15N3O3S2. The fraction of sp³-hybridized carbons (Fsp3) is 0.176. The second-order valence-electron chi connectivity index (χ2n) is 5.51. The zero-order valence-electron chi connectivity index (χ0n) is 13.4. The highest BCUT2D eigenvalue weighted by Crippen LogP contribution is 2.26. The Balaban J connectivity index is 1.63. The molecule has 0 saturated heterocycles. The maximum atomic E-state index is 12.4. The summed E-state index contributed by atoms with van der Waals surface area (Å²) < 4.78 is 0. The van der Waals surface area contributed by atoms with E-state index in [0.717, 1.165) is 21.8 Å². The van der Waals surface area contributed by atoms with Crippen molar-refractivity contribution in [2.45, 2.75) is 13.0 Å². The Bertz CT molecular complexity index is 890. The quantitative estimate of drug-likeness (QED) is 0.484. The molecule has 0 aliphatic carbocycles. The zero-order chi connectivity index (χ0) is 17.8. The van der Waals surface area contributed by atoms with Crippen LogP contribution < -0.4 is 0 Å². The fourth-order valence-corrected chi connectivity index (χ4v) is 3.86. The number of thiazole rings is 1. The Morgan fingerprint density at radius 2 is 2.16 bits per heavy atom. The van der Waals surface area contributed by atoms with Crippen LogP contribution in [0.1, 0.15) is 11.3 Å². The number of hydrogen-bond donors (Lipinski definition) is 0. The lowest BCUT2D eigenvalue weighted by Gasteiger charge is -2.16.